The molecular formula is C15H20FN3O3. The van der Waals surface area contributed by atoms with E-state index in [0.29, 0.717) is 12.2 Å². The number of carbonyl (C=O) groups is 2. The van der Waals surface area contributed by atoms with Gasteiger partial charge >= 0.3 is 6.03 Å². The molecule has 3 N–H and O–H groups in total. The summed E-state index contributed by atoms with van der Waals surface area (Å²) in [5.41, 5.74) is -0.129. The summed E-state index contributed by atoms with van der Waals surface area (Å²) >= 11 is 0. The Balaban J connectivity index is 1.95. The number of hydrogen-bond donors (Lipinski definition) is 3. The third-order valence-electron chi connectivity index (χ3n) is 3.45. The topological polar surface area (TPSA) is 81.7 Å². The van der Waals surface area contributed by atoms with Crippen molar-refractivity contribution in [1.29, 1.82) is 0 Å². The molecule has 0 bridgehead atoms. The highest BCUT2D eigenvalue weighted by molar-refractivity contribution is 5.96. The summed E-state index contributed by atoms with van der Waals surface area (Å²) in [7, 11) is 0. The molecule has 6 nitrogen and oxygen atoms in total. The van der Waals surface area contributed by atoms with Crippen molar-refractivity contribution in [1.82, 2.24) is 10.6 Å². The van der Waals surface area contributed by atoms with Crippen LogP contribution < -0.4 is 15.5 Å². The zero-order valence-electron chi connectivity index (χ0n) is 12.6. The monoisotopic (exact) mass is 309 g/mol. The summed E-state index contributed by atoms with van der Waals surface area (Å²) in [5.74, 6) is -0.492. The van der Waals surface area contributed by atoms with Crippen LogP contribution in [0, 0.1) is 5.82 Å². The zero-order valence-corrected chi connectivity index (χ0v) is 12.6. The average molecular weight is 309 g/mol. The fourth-order valence-corrected chi connectivity index (χ4v) is 2.24. The van der Waals surface area contributed by atoms with Crippen LogP contribution in [0.3, 0.4) is 0 Å². The summed E-state index contributed by atoms with van der Waals surface area (Å²) in [5, 5.41) is 14.5. The lowest BCUT2D eigenvalue weighted by atomic mass is 10.1. The van der Waals surface area contributed by atoms with Gasteiger partial charge in [0.2, 0.25) is 5.91 Å². The van der Waals surface area contributed by atoms with Gasteiger partial charge in [0, 0.05) is 18.7 Å². The summed E-state index contributed by atoms with van der Waals surface area (Å²) in [6, 6.07) is 4.89. The van der Waals surface area contributed by atoms with Crippen LogP contribution in [0.1, 0.15) is 20.3 Å². The van der Waals surface area contributed by atoms with Gasteiger partial charge in [0.25, 0.3) is 0 Å². The van der Waals surface area contributed by atoms with Gasteiger partial charge in [0.05, 0.1) is 18.2 Å². The summed E-state index contributed by atoms with van der Waals surface area (Å²) in [4.78, 5) is 25.4. The lowest BCUT2D eigenvalue weighted by molar-refractivity contribution is -0.117. The molecule has 1 aromatic rings. The first-order valence-electron chi connectivity index (χ1n) is 7.06. The average Bonchev–Trinajstić information content (AvgIpc) is 2.79. The Labute approximate surface area is 128 Å². The van der Waals surface area contributed by atoms with Crippen molar-refractivity contribution in [2.75, 3.05) is 18.1 Å². The highest BCUT2D eigenvalue weighted by atomic mass is 19.1. The maximum atomic E-state index is 12.9. The molecule has 120 valence electrons. The van der Waals surface area contributed by atoms with Crippen LogP contribution >= 0.6 is 0 Å². The molecule has 0 radical (unpaired) electrons. The van der Waals surface area contributed by atoms with Gasteiger partial charge < -0.3 is 20.6 Å². The summed E-state index contributed by atoms with van der Waals surface area (Å²) in [6.45, 7) is 3.53. The number of rotatable bonds is 4. The normalized spacial score (nSPS) is 18.5. The number of hydrogen-bond acceptors (Lipinski definition) is 3. The minimum atomic E-state index is -0.733. The molecule has 1 heterocycles. The first-order valence-corrected chi connectivity index (χ1v) is 7.06. The zero-order chi connectivity index (χ0) is 16.3. The number of nitrogens with one attached hydrogen (secondary N) is 2. The SMILES string of the molecule is CC(C)(CO)NC(=O)N[C@H]1CC(=O)N(c2ccc(F)cc2)C1. The van der Waals surface area contributed by atoms with Gasteiger partial charge in [-0.15, -0.1) is 0 Å². The molecule has 1 aliphatic heterocycles. The van der Waals surface area contributed by atoms with Crippen molar-refractivity contribution in [2.45, 2.75) is 31.8 Å². The lowest BCUT2D eigenvalue weighted by Gasteiger charge is -2.25. The van der Waals surface area contributed by atoms with Crippen molar-refractivity contribution >= 4 is 17.6 Å². The molecular weight excluding hydrogens is 289 g/mol. The van der Waals surface area contributed by atoms with Gasteiger partial charge in [-0.2, -0.15) is 0 Å². The fraction of sp³-hybridized carbons (Fsp3) is 0.467. The number of amides is 3. The molecule has 22 heavy (non-hydrogen) atoms. The van der Waals surface area contributed by atoms with E-state index < -0.39 is 11.6 Å². The van der Waals surface area contributed by atoms with Crippen molar-refractivity contribution in [2.24, 2.45) is 0 Å². The molecule has 7 heteroatoms. The van der Waals surface area contributed by atoms with Crippen molar-refractivity contribution in [3.05, 3.63) is 30.1 Å². The Morgan fingerprint density at radius 1 is 1.41 bits per heavy atom. The third-order valence-corrected chi connectivity index (χ3v) is 3.45. The predicted molar refractivity (Wildman–Crippen MR) is 80.0 cm³/mol. The van der Waals surface area contributed by atoms with E-state index in [-0.39, 0.29) is 30.8 Å². The second-order valence-electron chi connectivity index (χ2n) is 6.02. The molecule has 0 unspecified atom stereocenters. The first kappa shape index (κ1) is 16.2. The predicted octanol–water partition coefficient (Wildman–Crippen LogP) is 1.00. The molecule has 1 aliphatic rings. The van der Waals surface area contributed by atoms with E-state index in [4.69, 9.17) is 5.11 Å². The largest absolute Gasteiger partial charge is 0.394 e. The standard InChI is InChI=1S/C15H20FN3O3/c1-15(2,9-20)18-14(22)17-11-7-13(21)19(8-11)12-5-3-10(16)4-6-12/h3-6,11,20H,7-9H2,1-2H3,(H2,17,18,22)/t11-/m0/s1. The summed E-state index contributed by atoms with van der Waals surface area (Å²) in [6.07, 6.45) is 0.185. The molecule has 3 amide bonds. The number of aliphatic hydroxyl groups is 1. The van der Waals surface area contributed by atoms with Crippen molar-refractivity contribution < 1.29 is 19.1 Å². The summed E-state index contributed by atoms with van der Waals surface area (Å²) < 4.78 is 12.9. The number of halogens is 1. The molecule has 0 spiro atoms. The van der Waals surface area contributed by atoms with E-state index in [1.165, 1.54) is 29.2 Å². The molecule has 0 saturated carbocycles. The van der Waals surface area contributed by atoms with Crippen LogP contribution in [0.4, 0.5) is 14.9 Å². The molecule has 2 rings (SSSR count). The molecule has 1 fully saturated rings. The fourth-order valence-electron chi connectivity index (χ4n) is 2.24. The Morgan fingerprint density at radius 2 is 2.05 bits per heavy atom. The quantitative estimate of drug-likeness (QED) is 0.776. The molecule has 0 aliphatic carbocycles. The smallest absolute Gasteiger partial charge is 0.315 e. The maximum Gasteiger partial charge on any atom is 0.315 e. The van der Waals surface area contributed by atoms with Crippen molar-refractivity contribution in [3.8, 4) is 0 Å². The van der Waals surface area contributed by atoms with Gasteiger partial charge in [-0.1, -0.05) is 0 Å². The van der Waals surface area contributed by atoms with E-state index in [0.717, 1.165) is 0 Å². The molecule has 0 aromatic heterocycles. The third kappa shape index (κ3) is 3.94. The van der Waals surface area contributed by atoms with Crippen molar-refractivity contribution in [3.63, 3.8) is 0 Å². The van der Waals surface area contributed by atoms with Crippen LogP contribution in [0.25, 0.3) is 0 Å². The number of urea groups is 1. The number of carbonyl (C=O) groups excluding carboxylic acids is 2. The van der Waals surface area contributed by atoms with Crippen LogP contribution in [0.2, 0.25) is 0 Å². The maximum absolute atomic E-state index is 12.9. The second-order valence-corrected chi connectivity index (χ2v) is 6.02. The molecule has 1 atom stereocenters. The Kier molecular flexibility index (Phi) is 4.65. The number of aliphatic hydroxyl groups excluding tert-OH is 1. The Morgan fingerprint density at radius 3 is 2.64 bits per heavy atom. The van der Waals surface area contributed by atoms with Gasteiger partial charge in [0.1, 0.15) is 5.82 Å². The Hall–Kier alpha value is -2.15. The number of anilines is 1. The van der Waals surface area contributed by atoms with E-state index in [1.54, 1.807) is 13.8 Å². The lowest BCUT2D eigenvalue weighted by Crippen LogP contribution is -2.53. The highest BCUT2D eigenvalue weighted by Crippen LogP contribution is 2.21. The van der Waals surface area contributed by atoms with Crippen LogP contribution in [0.5, 0.6) is 0 Å². The van der Waals surface area contributed by atoms with E-state index in [9.17, 15) is 14.0 Å². The second kappa shape index (κ2) is 6.31. The van der Waals surface area contributed by atoms with E-state index >= 15 is 0 Å². The van der Waals surface area contributed by atoms with Gasteiger partial charge in [-0.3, -0.25) is 4.79 Å². The minimum absolute atomic E-state index is 0.127. The Bertz CT molecular complexity index is 560. The van der Waals surface area contributed by atoms with Crippen LogP contribution in [-0.4, -0.2) is 41.8 Å². The van der Waals surface area contributed by atoms with E-state index in [2.05, 4.69) is 10.6 Å². The van der Waals surface area contributed by atoms with Crippen LogP contribution in [-0.2, 0) is 4.79 Å². The highest BCUT2D eigenvalue weighted by Gasteiger charge is 2.32. The number of benzene rings is 1. The minimum Gasteiger partial charge on any atom is -0.394 e. The van der Waals surface area contributed by atoms with Gasteiger partial charge in [-0.25, -0.2) is 9.18 Å². The molecule has 1 saturated heterocycles. The van der Waals surface area contributed by atoms with Gasteiger partial charge in [0.15, 0.2) is 0 Å². The molecule has 1 aromatic carbocycles. The number of nitrogens with zero attached hydrogens (tertiary/aromatic N) is 1. The van der Waals surface area contributed by atoms with Gasteiger partial charge in [-0.05, 0) is 38.1 Å². The first-order chi connectivity index (χ1) is 10.3. The van der Waals surface area contributed by atoms with E-state index in [1.807, 2.05) is 0 Å². The van der Waals surface area contributed by atoms with Crippen LogP contribution in [0.15, 0.2) is 24.3 Å².